The first kappa shape index (κ1) is 33.0. The average molecular weight is 649 g/mol. The summed E-state index contributed by atoms with van der Waals surface area (Å²) in [5.74, 6) is -0.0834. The monoisotopic (exact) mass is 648 g/mol. The Morgan fingerprint density at radius 3 is 2.57 bits per heavy atom. The Morgan fingerprint density at radius 2 is 1.87 bits per heavy atom. The molecular weight excluding hydrogens is 608 g/mol. The van der Waals surface area contributed by atoms with Gasteiger partial charge in [-0.2, -0.15) is 4.31 Å². The first-order chi connectivity index (χ1) is 21.9. The number of fused-ring (bicyclic) bond motifs is 2. The first-order valence-electron chi connectivity index (χ1n) is 15.1. The van der Waals surface area contributed by atoms with Gasteiger partial charge in [0, 0.05) is 49.3 Å². The predicted octanol–water partition coefficient (Wildman–Crippen LogP) is 3.91. The smallest absolute Gasteiger partial charge is 0.258 e. The van der Waals surface area contributed by atoms with Gasteiger partial charge < -0.3 is 29.4 Å². The summed E-state index contributed by atoms with van der Waals surface area (Å²) in [7, 11) is 1.07. The highest BCUT2D eigenvalue weighted by molar-refractivity contribution is 7.89. The standard InChI is InChI=1S/C34H40N4O7S/c1-22-18-38(23(2)21-39)34(41)29-17-25(35-33(40)16-24-19-36(3)30-9-7-6-8-28(24)30)10-15-31(29)45-32(22)20-37(4)46(42,43)27-13-11-26(44-5)12-14-27/h6-15,17,19,22-23,32,39H,16,18,20-21H2,1-5H3,(H,35,40)/t22-,23+,32+/m0/s1. The second-order valence-electron chi connectivity index (χ2n) is 11.8. The van der Waals surface area contributed by atoms with Crippen molar-refractivity contribution in [2.24, 2.45) is 13.0 Å². The zero-order chi connectivity index (χ0) is 33.2. The van der Waals surface area contributed by atoms with E-state index in [1.54, 1.807) is 42.2 Å². The molecule has 11 nitrogen and oxygen atoms in total. The van der Waals surface area contributed by atoms with Crippen molar-refractivity contribution in [3.63, 3.8) is 0 Å². The van der Waals surface area contributed by atoms with E-state index in [0.29, 0.717) is 11.4 Å². The summed E-state index contributed by atoms with van der Waals surface area (Å²) >= 11 is 0. The fraction of sp³-hybridized carbons (Fsp3) is 0.353. The van der Waals surface area contributed by atoms with Gasteiger partial charge in [-0.15, -0.1) is 0 Å². The normalized spacial score (nSPS) is 17.6. The number of sulfonamides is 1. The van der Waals surface area contributed by atoms with Gasteiger partial charge in [-0.1, -0.05) is 25.1 Å². The van der Waals surface area contributed by atoms with Crippen molar-refractivity contribution >= 4 is 38.4 Å². The molecule has 0 spiro atoms. The van der Waals surface area contributed by atoms with Crippen LogP contribution < -0.4 is 14.8 Å². The lowest BCUT2D eigenvalue weighted by atomic mass is 9.99. The van der Waals surface area contributed by atoms with E-state index in [1.807, 2.05) is 49.0 Å². The number of likely N-dealkylation sites (N-methyl/N-ethyl adjacent to an activating group) is 1. The molecule has 0 saturated carbocycles. The molecule has 5 rings (SSSR count). The van der Waals surface area contributed by atoms with Crippen LogP contribution in [0.4, 0.5) is 5.69 Å². The highest BCUT2D eigenvalue weighted by Crippen LogP contribution is 2.32. The summed E-state index contributed by atoms with van der Waals surface area (Å²) in [4.78, 5) is 28.7. The number of anilines is 1. The van der Waals surface area contributed by atoms with E-state index in [1.165, 1.54) is 30.6 Å². The van der Waals surface area contributed by atoms with Gasteiger partial charge in [0.05, 0.1) is 43.2 Å². The maximum absolute atomic E-state index is 13.8. The molecular formula is C34H40N4O7S. The van der Waals surface area contributed by atoms with Crippen molar-refractivity contribution < 1.29 is 32.6 Å². The number of rotatable bonds is 10. The van der Waals surface area contributed by atoms with Crippen LogP contribution in [0.5, 0.6) is 11.5 Å². The van der Waals surface area contributed by atoms with E-state index in [0.717, 1.165) is 16.5 Å². The number of aromatic nitrogens is 1. The van der Waals surface area contributed by atoms with Crippen LogP contribution in [0, 0.1) is 5.92 Å². The van der Waals surface area contributed by atoms with E-state index in [9.17, 15) is 23.1 Å². The second-order valence-corrected chi connectivity index (χ2v) is 13.8. The van der Waals surface area contributed by atoms with Crippen molar-refractivity contribution in [1.29, 1.82) is 0 Å². The minimum Gasteiger partial charge on any atom is -0.497 e. The van der Waals surface area contributed by atoms with E-state index >= 15 is 0 Å². The number of aryl methyl sites for hydroxylation is 1. The average Bonchev–Trinajstić information content (AvgIpc) is 3.36. The van der Waals surface area contributed by atoms with Gasteiger partial charge in [0.1, 0.15) is 17.6 Å². The quantitative estimate of drug-likeness (QED) is 0.267. The molecule has 0 bridgehead atoms. The number of para-hydroxylation sites is 1. The molecule has 0 fully saturated rings. The second kappa shape index (κ2) is 13.5. The number of carbonyl (C=O) groups is 2. The molecule has 0 radical (unpaired) electrons. The molecule has 2 amide bonds. The number of hydrogen-bond acceptors (Lipinski definition) is 7. The largest absolute Gasteiger partial charge is 0.497 e. The molecule has 244 valence electrons. The third-order valence-electron chi connectivity index (χ3n) is 8.48. The van der Waals surface area contributed by atoms with Crippen molar-refractivity contribution in [2.75, 3.05) is 39.2 Å². The minimum atomic E-state index is -3.86. The molecule has 4 aromatic rings. The summed E-state index contributed by atoms with van der Waals surface area (Å²) in [5, 5.41) is 13.9. The van der Waals surface area contributed by atoms with E-state index in [-0.39, 0.29) is 60.1 Å². The molecule has 0 unspecified atom stereocenters. The Bertz CT molecular complexity index is 1840. The van der Waals surface area contributed by atoms with Crippen LogP contribution in [-0.4, -0.2) is 85.1 Å². The number of benzene rings is 3. The van der Waals surface area contributed by atoms with Crippen LogP contribution in [0.2, 0.25) is 0 Å². The fourth-order valence-electron chi connectivity index (χ4n) is 5.74. The third kappa shape index (κ3) is 6.74. The Kier molecular flexibility index (Phi) is 9.71. The lowest BCUT2D eigenvalue weighted by Crippen LogP contribution is -2.50. The molecule has 1 aromatic heterocycles. The van der Waals surface area contributed by atoms with Gasteiger partial charge in [0.15, 0.2) is 0 Å². The van der Waals surface area contributed by atoms with Crippen LogP contribution in [0.3, 0.4) is 0 Å². The molecule has 3 atom stereocenters. The van der Waals surface area contributed by atoms with Crippen molar-refractivity contribution in [3.05, 3.63) is 84.1 Å². The Balaban J connectivity index is 1.40. The Hall–Kier alpha value is -4.39. The van der Waals surface area contributed by atoms with Gasteiger partial charge in [0.2, 0.25) is 15.9 Å². The number of carbonyl (C=O) groups excluding carboxylic acids is 2. The van der Waals surface area contributed by atoms with Crippen molar-refractivity contribution in [1.82, 2.24) is 13.8 Å². The van der Waals surface area contributed by atoms with Crippen LogP contribution in [0.15, 0.2) is 77.8 Å². The summed E-state index contributed by atoms with van der Waals surface area (Å²) in [6.07, 6.45) is 1.44. The summed E-state index contributed by atoms with van der Waals surface area (Å²) in [5.41, 5.74) is 2.54. The molecule has 0 saturated heterocycles. The summed E-state index contributed by atoms with van der Waals surface area (Å²) in [6, 6.07) is 18.4. The van der Waals surface area contributed by atoms with Crippen LogP contribution in [0.1, 0.15) is 29.8 Å². The summed E-state index contributed by atoms with van der Waals surface area (Å²) < 4.78 is 41.6. The van der Waals surface area contributed by atoms with Crippen molar-refractivity contribution in [2.45, 2.75) is 37.3 Å². The number of nitrogens with zero attached hydrogens (tertiary/aromatic N) is 3. The first-order valence-corrected chi connectivity index (χ1v) is 16.5. The number of hydrogen-bond donors (Lipinski definition) is 2. The molecule has 0 aliphatic carbocycles. The van der Waals surface area contributed by atoms with Gasteiger partial charge in [0.25, 0.3) is 5.91 Å². The highest BCUT2D eigenvalue weighted by atomic mass is 32.2. The summed E-state index contributed by atoms with van der Waals surface area (Å²) in [6.45, 7) is 3.60. The zero-order valence-corrected chi connectivity index (χ0v) is 27.5. The van der Waals surface area contributed by atoms with E-state index in [2.05, 4.69) is 5.32 Å². The van der Waals surface area contributed by atoms with Crippen LogP contribution in [0.25, 0.3) is 10.9 Å². The number of ether oxygens (including phenoxy) is 2. The fourth-order valence-corrected chi connectivity index (χ4v) is 6.93. The SMILES string of the molecule is COc1ccc(S(=O)(=O)N(C)C[C@H]2Oc3ccc(NC(=O)Cc4cn(C)c5ccccc45)cc3C(=O)N([C@H](C)CO)C[C@@H]2C)cc1. The molecule has 1 aliphatic heterocycles. The van der Waals surface area contributed by atoms with Crippen LogP contribution >= 0.6 is 0 Å². The van der Waals surface area contributed by atoms with E-state index in [4.69, 9.17) is 9.47 Å². The van der Waals surface area contributed by atoms with Gasteiger partial charge >= 0.3 is 0 Å². The minimum absolute atomic E-state index is 0.00796. The zero-order valence-electron chi connectivity index (χ0n) is 26.6. The maximum atomic E-state index is 13.8. The molecule has 46 heavy (non-hydrogen) atoms. The molecule has 2 heterocycles. The Morgan fingerprint density at radius 1 is 1.15 bits per heavy atom. The van der Waals surface area contributed by atoms with Crippen LogP contribution in [-0.2, 0) is 28.3 Å². The molecule has 2 N–H and O–H groups in total. The number of aliphatic hydroxyl groups is 1. The topological polar surface area (TPSA) is 130 Å². The predicted molar refractivity (Wildman–Crippen MR) is 176 cm³/mol. The maximum Gasteiger partial charge on any atom is 0.258 e. The Labute approximate surface area is 269 Å². The number of aliphatic hydroxyl groups excluding tert-OH is 1. The highest BCUT2D eigenvalue weighted by Gasteiger charge is 2.35. The van der Waals surface area contributed by atoms with E-state index < -0.39 is 22.2 Å². The molecule has 1 aliphatic rings. The van der Waals surface area contributed by atoms with Gasteiger partial charge in [-0.3, -0.25) is 9.59 Å². The number of nitrogens with one attached hydrogen (secondary N) is 1. The molecule has 12 heteroatoms. The van der Waals surface area contributed by atoms with Gasteiger partial charge in [-0.05, 0) is 61.0 Å². The lowest BCUT2D eigenvalue weighted by Gasteiger charge is -2.38. The third-order valence-corrected chi connectivity index (χ3v) is 10.3. The number of methoxy groups -OCH3 is 1. The van der Waals surface area contributed by atoms with Crippen molar-refractivity contribution in [3.8, 4) is 11.5 Å². The molecule has 3 aromatic carbocycles. The lowest BCUT2D eigenvalue weighted by molar-refractivity contribution is -0.115. The number of amides is 2. The van der Waals surface area contributed by atoms with Gasteiger partial charge in [-0.25, -0.2) is 8.42 Å².